The molecule has 0 aromatic carbocycles. The van der Waals surface area contributed by atoms with Gasteiger partial charge in [0.1, 0.15) is 0 Å². The summed E-state index contributed by atoms with van der Waals surface area (Å²) in [5.74, 6) is 0.761. The Balaban J connectivity index is 1.56. The molecular weight excluding hydrogens is 270 g/mol. The van der Waals surface area contributed by atoms with Gasteiger partial charge < -0.3 is 20.1 Å². The predicted octanol–water partition coefficient (Wildman–Crippen LogP) is 0.281. The molecule has 1 saturated heterocycles. The van der Waals surface area contributed by atoms with Gasteiger partial charge in [-0.05, 0) is 18.9 Å². The van der Waals surface area contributed by atoms with Gasteiger partial charge in [-0.15, -0.1) is 0 Å². The van der Waals surface area contributed by atoms with E-state index in [4.69, 9.17) is 9.47 Å². The Hall–Kier alpha value is -1.60. The molecule has 7 heteroatoms. The van der Waals surface area contributed by atoms with Crippen molar-refractivity contribution in [3.05, 3.63) is 18.0 Å². The summed E-state index contributed by atoms with van der Waals surface area (Å²) in [5, 5.41) is 10.6. The van der Waals surface area contributed by atoms with E-state index in [-0.39, 0.29) is 6.10 Å². The molecule has 0 spiro atoms. The third-order valence-electron chi connectivity index (χ3n) is 3.45. The Morgan fingerprint density at radius 3 is 3.14 bits per heavy atom. The van der Waals surface area contributed by atoms with E-state index in [9.17, 15) is 0 Å². The average molecular weight is 295 g/mol. The minimum absolute atomic E-state index is 0.285. The van der Waals surface area contributed by atoms with Crippen LogP contribution in [0.4, 0.5) is 0 Å². The number of nitrogens with one attached hydrogen (secondary N) is 2. The van der Waals surface area contributed by atoms with Gasteiger partial charge in [-0.1, -0.05) is 0 Å². The van der Waals surface area contributed by atoms with Crippen LogP contribution < -0.4 is 10.6 Å². The van der Waals surface area contributed by atoms with E-state index in [1.54, 1.807) is 13.2 Å². The first-order chi connectivity index (χ1) is 10.3. The van der Waals surface area contributed by atoms with E-state index in [1.807, 2.05) is 17.8 Å². The smallest absolute Gasteiger partial charge is 0.191 e. The van der Waals surface area contributed by atoms with Crippen LogP contribution in [0.5, 0.6) is 0 Å². The number of nitrogens with zero attached hydrogens (tertiary/aromatic N) is 3. The number of aliphatic imine (C=N–C) groups is 1. The number of guanidine groups is 1. The molecule has 0 aliphatic carbocycles. The Labute approximate surface area is 125 Å². The lowest BCUT2D eigenvalue weighted by molar-refractivity contribution is 0.0191. The van der Waals surface area contributed by atoms with Gasteiger partial charge in [0.15, 0.2) is 5.96 Å². The lowest BCUT2D eigenvalue weighted by Crippen LogP contribution is -2.39. The van der Waals surface area contributed by atoms with Crippen molar-refractivity contribution in [3.8, 4) is 0 Å². The molecule has 1 unspecified atom stereocenters. The average Bonchev–Trinajstić information content (AvgIpc) is 3.14. The topological polar surface area (TPSA) is 72.7 Å². The van der Waals surface area contributed by atoms with E-state index < -0.39 is 0 Å². The molecule has 2 rings (SSSR count). The van der Waals surface area contributed by atoms with Gasteiger partial charge in [0.2, 0.25) is 0 Å². The maximum atomic E-state index is 5.60. The summed E-state index contributed by atoms with van der Waals surface area (Å²) in [7, 11) is 3.68. The Morgan fingerprint density at radius 1 is 1.57 bits per heavy atom. The fourth-order valence-corrected chi connectivity index (χ4v) is 2.20. The zero-order valence-corrected chi connectivity index (χ0v) is 12.8. The van der Waals surface area contributed by atoms with Crippen molar-refractivity contribution in [3.63, 3.8) is 0 Å². The Morgan fingerprint density at radius 2 is 2.48 bits per heavy atom. The maximum absolute atomic E-state index is 5.60. The van der Waals surface area contributed by atoms with Crippen LogP contribution in [0.3, 0.4) is 0 Å². The standard InChI is InChI=1S/C14H25N5O2/c1-15-14(17-10-12-5-6-18-19(12)2)16-7-9-20-11-13-4-3-8-21-13/h5-6,13H,3-4,7-11H2,1-2H3,(H2,15,16,17). The molecule has 1 atom stereocenters. The number of aromatic nitrogens is 2. The summed E-state index contributed by atoms with van der Waals surface area (Å²) in [6, 6.07) is 1.98. The molecular formula is C14H25N5O2. The largest absolute Gasteiger partial charge is 0.377 e. The first-order valence-electron chi connectivity index (χ1n) is 7.40. The number of ether oxygens (including phenoxy) is 2. The summed E-state index contributed by atoms with van der Waals surface area (Å²) in [4.78, 5) is 4.18. The van der Waals surface area contributed by atoms with Crippen molar-refractivity contribution >= 4 is 5.96 Å². The van der Waals surface area contributed by atoms with Gasteiger partial charge in [-0.25, -0.2) is 0 Å². The van der Waals surface area contributed by atoms with Crippen LogP contribution in [0.25, 0.3) is 0 Å². The lowest BCUT2D eigenvalue weighted by atomic mass is 10.2. The van der Waals surface area contributed by atoms with Crippen molar-refractivity contribution < 1.29 is 9.47 Å². The summed E-state index contributed by atoms with van der Waals surface area (Å²) in [5.41, 5.74) is 1.10. The molecule has 1 aliphatic heterocycles. The highest BCUT2D eigenvalue weighted by molar-refractivity contribution is 5.79. The number of hydrogen-bond donors (Lipinski definition) is 2. The highest BCUT2D eigenvalue weighted by atomic mass is 16.5. The molecule has 0 amide bonds. The third kappa shape index (κ3) is 5.35. The zero-order chi connectivity index (χ0) is 14.9. The molecule has 7 nitrogen and oxygen atoms in total. The molecule has 2 heterocycles. The van der Waals surface area contributed by atoms with Crippen molar-refractivity contribution in [2.24, 2.45) is 12.0 Å². The highest BCUT2D eigenvalue weighted by Crippen LogP contribution is 2.11. The molecule has 21 heavy (non-hydrogen) atoms. The van der Waals surface area contributed by atoms with Crippen LogP contribution in [0.2, 0.25) is 0 Å². The zero-order valence-electron chi connectivity index (χ0n) is 12.8. The summed E-state index contributed by atoms with van der Waals surface area (Å²) in [6.45, 7) is 3.61. The van der Waals surface area contributed by atoms with Crippen molar-refractivity contribution in [1.29, 1.82) is 0 Å². The molecule has 1 aromatic heterocycles. The van der Waals surface area contributed by atoms with Crippen LogP contribution in [0.15, 0.2) is 17.3 Å². The van der Waals surface area contributed by atoms with E-state index in [0.717, 1.165) is 37.6 Å². The molecule has 0 bridgehead atoms. The molecule has 0 radical (unpaired) electrons. The highest BCUT2D eigenvalue weighted by Gasteiger charge is 2.14. The van der Waals surface area contributed by atoms with E-state index in [1.165, 1.54) is 0 Å². The van der Waals surface area contributed by atoms with Gasteiger partial charge >= 0.3 is 0 Å². The normalized spacial score (nSPS) is 19.0. The van der Waals surface area contributed by atoms with Crippen LogP contribution in [-0.4, -0.2) is 55.3 Å². The van der Waals surface area contributed by atoms with Crippen LogP contribution in [0.1, 0.15) is 18.5 Å². The van der Waals surface area contributed by atoms with Crippen molar-refractivity contribution in [2.75, 3.05) is 33.4 Å². The van der Waals surface area contributed by atoms with Gasteiger partial charge in [-0.2, -0.15) is 5.10 Å². The van der Waals surface area contributed by atoms with Crippen molar-refractivity contribution in [1.82, 2.24) is 20.4 Å². The number of aryl methyl sites for hydroxylation is 1. The fraction of sp³-hybridized carbons (Fsp3) is 0.714. The first kappa shape index (κ1) is 15.8. The fourth-order valence-electron chi connectivity index (χ4n) is 2.20. The second kappa shape index (κ2) is 8.63. The molecule has 118 valence electrons. The minimum Gasteiger partial charge on any atom is -0.377 e. The van der Waals surface area contributed by atoms with Crippen LogP contribution in [0, 0.1) is 0 Å². The lowest BCUT2D eigenvalue weighted by Gasteiger charge is -2.13. The van der Waals surface area contributed by atoms with Crippen molar-refractivity contribution in [2.45, 2.75) is 25.5 Å². The van der Waals surface area contributed by atoms with Crippen LogP contribution in [-0.2, 0) is 23.1 Å². The molecule has 1 fully saturated rings. The van der Waals surface area contributed by atoms with E-state index in [2.05, 4.69) is 20.7 Å². The number of hydrogen-bond acceptors (Lipinski definition) is 4. The quantitative estimate of drug-likeness (QED) is 0.429. The Bertz CT molecular complexity index is 440. The van der Waals surface area contributed by atoms with E-state index in [0.29, 0.717) is 19.8 Å². The second-order valence-corrected chi connectivity index (χ2v) is 5.01. The maximum Gasteiger partial charge on any atom is 0.191 e. The number of rotatable bonds is 7. The van der Waals surface area contributed by atoms with Gasteiger partial charge in [0.05, 0.1) is 31.6 Å². The molecule has 0 saturated carbocycles. The first-order valence-corrected chi connectivity index (χ1v) is 7.40. The third-order valence-corrected chi connectivity index (χ3v) is 3.45. The summed E-state index contributed by atoms with van der Waals surface area (Å²) in [6.07, 6.45) is 4.33. The second-order valence-electron chi connectivity index (χ2n) is 5.01. The van der Waals surface area contributed by atoms with Crippen LogP contribution >= 0.6 is 0 Å². The molecule has 1 aliphatic rings. The Kier molecular flexibility index (Phi) is 6.49. The molecule has 1 aromatic rings. The predicted molar refractivity (Wildman–Crippen MR) is 81.2 cm³/mol. The monoisotopic (exact) mass is 295 g/mol. The van der Waals surface area contributed by atoms with Gasteiger partial charge in [0, 0.05) is 33.4 Å². The summed E-state index contributed by atoms with van der Waals surface area (Å²) < 4.78 is 12.9. The van der Waals surface area contributed by atoms with Gasteiger partial charge in [0.25, 0.3) is 0 Å². The van der Waals surface area contributed by atoms with E-state index >= 15 is 0 Å². The minimum atomic E-state index is 0.285. The SMILES string of the molecule is CN=C(NCCOCC1CCCO1)NCc1ccnn1C. The molecule has 2 N–H and O–H groups in total. The summed E-state index contributed by atoms with van der Waals surface area (Å²) >= 11 is 0. The van der Waals surface area contributed by atoms with Gasteiger partial charge in [-0.3, -0.25) is 9.67 Å².